The molecule has 0 radical (unpaired) electrons. The number of nitro benzene ring substituents is 2. The molecule has 0 bridgehead atoms. The number of anilines is 1. The van der Waals surface area contributed by atoms with Crippen LogP contribution in [0.25, 0.3) is 0 Å². The summed E-state index contributed by atoms with van der Waals surface area (Å²) < 4.78 is 23.9. The number of nitrogens with zero attached hydrogens (tertiary/aromatic N) is 3. The summed E-state index contributed by atoms with van der Waals surface area (Å²) in [6.45, 7) is 3.46. The van der Waals surface area contributed by atoms with Gasteiger partial charge in [0, 0.05) is 6.07 Å². The van der Waals surface area contributed by atoms with Crippen LogP contribution in [0, 0.1) is 20.2 Å². The van der Waals surface area contributed by atoms with Crippen LogP contribution in [0.2, 0.25) is 0 Å². The lowest BCUT2D eigenvalue weighted by Gasteiger charge is -2.06. The minimum absolute atomic E-state index is 0.0571. The molecule has 1 aromatic carbocycles. The van der Waals surface area contributed by atoms with E-state index in [1.807, 2.05) is 6.92 Å². The van der Waals surface area contributed by atoms with Crippen molar-refractivity contribution in [2.75, 3.05) is 16.9 Å². The van der Waals surface area contributed by atoms with E-state index in [0.717, 1.165) is 31.0 Å². The molecule has 0 amide bonds. The third-order valence-corrected chi connectivity index (χ3v) is 5.01. The van der Waals surface area contributed by atoms with Crippen LogP contribution in [0.5, 0.6) is 0 Å². The van der Waals surface area contributed by atoms with Gasteiger partial charge in [-0.2, -0.15) is 5.10 Å². The summed E-state index contributed by atoms with van der Waals surface area (Å²) in [5.74, 6) is -0.199. The zero-order chi connectivity index (χ0) is 19.0. The highest BCUT2D eigenvalue weighted by molar-refractivity contribution is 7.92. The van der Waals surface area contributed by atoms with E-state index in [1.165, 1.54) is 6.92 Å². The van der Waals surface area contributed by atoms with Crippen molar-refractivity contribution >= 4 is 32.6 Å². The monoisotopic (exact) mass is 372 g/mol. The second-order valence-electron chi connectivity index (χ2n) is 5.47. The van der Waals surface area contributed by atoms with E-state index in [9.17, 15) is 28.6 Å². The van der Waals surface area contributed by atoms with Crippen molar-refractivity contribution in [2.45, 2.75) is 33.1 Å². The second-order valence-corrected chi connectivity index (χ2v) is 7.66. The standard InChI is InChI=1S/C14H20N4O6S/c1-3-4-5-8-25(23,24)10-11(2)15-16-13-7-6-12(17(19)20)9-14(13)18(21)22/h6-7,9,16H,3-5,8,10H2,1-2H3/b15-11-. The molecule has 0 aliphatic heterocycles. The number of unbranched alkanes of at least 4 members (excludes halogenated alkanes) is 2. The molecule has 0 saturated heterocycles. The molecular formula is C14H20N4O6S. The molecule has 0 aromatic heterocycles. The summed E-state index contributed by atoms with van der Waals surface area (Å²) in [6.07, 6.45) is 2.31. The van der Waals surface area contributed by atoms with Crippen molar-refractivity contribution in [3.63, 3.8) is 0 Å². The van der Waals surface area contributed by atoms with Gasteiger partial charge < -0.3 is 0 Å². The quantitative estimate of drug-likeness (QED) is 0.287. The van der Waals surface area contributed by atoms with E-state index in [2.05, 4.69) is 10.5 Å². The fraction of sp³-hybridized carbons (Fsp3) is 0.500. The molecule has 0 heterocycles. The summed E-state index contributed by atoms with van der Waals surface area (Å²) >= 11 is 0. The minimum Gasteiger partial charge on any atom is -0.272 e. The van der Waals surface area contributed by atoms with E-state index in [1.54, 1.807) is 0 Å². The Morgan fingerprint density at radius 3 is 2.44 bits per heavy atom. The van der Waals surface area contributed by atoms with Gasteiger partial charge in [0.1, 0.15) is 5.69 Å². The van der Waals surface area contributed by atoms with Crippen LogP contribution in [0.4, 0.5) is 17.1 Å². The molecule has 1 rings (SSSR count). The molecular weight excluding hydrogens is 352 g/mol. The first-order valence-corrected chi connectivity index (χ1v) is 9.41. The zero-order valence-electron chi connectivity index (χ0n) is 14.0. The molecule has 1 N–H and O–H groups in total. The number of hydrogen-bond acceptors (Lipinski definition) is 8. The Bertz CT molecular complexity index is 776. The number of non-ortho nitro benzene ring substituents is 1. The average Bonchev–Trinajstić information content (AvgIpc) is 2.52. The minimum atomic E-state index is -3.30. The lowest BCUT2D eigenvalue weighted by atomic mass is 10.2. The topological polar surface area (TPSA) is 145 Å². The number of nitrogens with one attached hydrogen (secondary N) is 1. The van der Waals surface area contributed by atoms with E-state index in [4.69, 9.17) is 0 Å². The summed E-state index contributed by atoms with van der Waals surface area (Å²) in [6, 6.07) is 3.07. The van der Waals surface area contributed by atoms with Gasteiger partial charge in [0.25, 0.3) is 5.69 Å². The number of rotatable bonds is 10. The van der Waals surface area contributed by atoms with Gasteiger partial charge in [-0.25, -0.2) is 8.42 Å². The van der Waals surface area contributed by atoms with Gasteiger partial charge >= 0.3 is 5.69 Å². The van der Waals surface area contributed by atoms with Crippen molar-refractivity contribution in [1.82, 2.24) is 0 Å². The molecule has 10 nitrogen and oxygen atoms in total. The maximum Gasteiger partial charge on any atom is 0.301 e. The molecule has 1 aromatic rings. The van der Waals surface area contributed by atoms with Gasteiger partial charge in [-0.1, -0.05) is 19.8 Å². The summed E-state index contributed by atoms with van der Waals surface area (Å²) in [5, 5.41) is 25.5. The van der Waals surface area contributed by atoms with Gasteiger partial charge in [-0.3, -0.25) is 25.7 Å². The Balaban J connectivity index is 2.86. The SMILES string of the molecule is CCCCCS(=O)(=O)C/C(C)=N\Nc1ccc([N+](=O)[O-])cc1[N+](=O)[O-]. The van der Waals surface area contributed by atoms with Crippen LogP contribution in [-0.4, -0.2) is 35.5 Å². The van der Waals surface area contributed by atoms with Crippen LogP contribution >= 0.6 is 0 Å². The Morgan fingerprint density at radius 2 is 1.88 bits per heavy atom. The largest absolute Gasteiger partial charge is 0.301 e. The first-order chi connectivity index (χ1) is 11.7. The normalized spacial score (nSPS) is 12.0. The van der Waals surface area contributed by atoms with E-state index >= 15 is 0 Å². The van der Waals surface area contributed by atoms with Crippen molar-refractivity contribution in [3.8, 4) is 0 Å². The maximum atomic E-state index is 11.9. The van der Waals surface area contributed by atoms with Crippen molar-refractivity contribution in [2.24, 2.45) is 5.10 Å². The van der Waals surface area contributed by atoms with E-state index in [-0.39, 0.29) is 22.9 Å². The van der Waals surface area contributed by atoms with Gasteiger partial charge in [0.15, 0.2) is 9.84 Å². The van der Waals surface area contributed by atoms with Crippen molar-refractivity contribution in [3.05, 3.63) is 38.4 Å². The molecule has 0 saturated carbocycles. The first kappa shape index (κ1) is 20.5. The van der Waals surface area contributed by atoms with Crippen LogP contribution in [0.3, 0.4) is 0 Å². The summed E-state index contributed by atoms with van der Waals surface area (Å²) in [7, 11) is -3.30. The fourth-order valence-electron chi connectivity index (χ4n) is 2.03. The average molecular weight is 372 g/mol. The number of sulfone groups is 1. The number of benzene rings is 1. The molecule has 0 aliphatic carbocycles. The molecule has 0 aliphatic rings. The number of hydrazone groups is 1. The van der Waals surface area contributed by atoms with Gasteiger partial charge in [0.05, 0.1) is 33.1 Å². The molecule has 25 heavy (non-hydrogen) atoms. The third-order valence-electron chi connectivity index (χ3n) is 3.24. The Morgan fingerprint density at radius 1 is 1.20 bits per heavy atom. The Hall–Kier alpha value is -2.56. The van der Waals surface area contributed by atoms with Crippen LogP contribution in [0.1, 0.15) is 33.1 Å². The van der Waals surface area contributed by atoms with Crippen LogP contribution in [-0.2, 0) is 9.84 Å². The summed E-state index contributed by atoms with van der Waals surface area (Å²) in [5.41, 5.74) is 1.66. The molecule has 138 valence electrons. The lowest BCUT2D eigenvalue weighted by molar-refractivity contribution is -0.393. The highest BCUT2D eigenvalue weighted by Gasteiger charge is 2.19. The zero-order valence-corrected chi connectivity index (χ0v) is 14.8. The fourth-order valence-corrected chi connectivity index (χ4v) is 3.52. The van der Waals surface area contributed by atoms with Crippen molar-refractivity contribution < 1.29 is 18.3 Å². The smallest absolute Gasteiger partial charge is 0.272 e. The van der Waals surface area contributed by atoms with Crippen LogP contribution < -0.4 is 5.43 Å². The third kappa shape index (κ3) is 6.83. The first-order valence-electron chi connectivity index (χ1n) is 7.58. The molecule has 0 unspecified atom stereocenters. The number of hydrogen-bond donors (Lipinski definition) is 1. The Labute approximate surface area is 145 Å². The van der Waals surface area contributed by atoms with Gasteiger partial charge in [0.2, 0.25) is 0 Å². The Kier molecular flexibility index (Phi) is 7.43. The molecule has 0 atom stereocenters. The lowest BCUT2D eigenvalue weighted by Crippen LogP contribution is -2.18. The number of nitro groups is 2. The molecule has 0 spiro atoms. The van der Waals surface area contributed by atoms with Gasteiger partial charge in [-0.05, 0) is 19.4 Å². The highest BCUT2D eigenvalue weighted by atomic mass is 32.2. The van der Waals surface area contributed by atoms with E-state index < -0.39 is 31.1 Å². The maximum absolute atomic E-state index is 11.9. The summed E-state index contributed by atoms with van der Waals surface area (Å²) in [4.78, 5) is 20.2. The second kappa shape index (κ2) is 9.06. The molecule has 0 fully saturated rings. The predicted molar refractivity (Wildman–Crippen MR) is 94.7 cm³/mol. The van der Waals surface area contributed by atoms with Gasteiger partial charge in [-0.15, -0.1) is 0 Å². The predicted octanol–water partition coefficient (Wildman–Crippen LogP) is 2.90. The molecule has 11 heteroatoms. The van der Waals surface area contributed by atoms with E-state index in [0.29, 0.717) is 6.42 Å². The van der Waals surface area contributed by atoms with Crippen molar-refractivity contribution in [1.29, 1.82) is 0 Å². The highest BCUT2D eigenvalue weighted by Crippen LogP contribution is 2.28. The van der Waals surface area contributed by atoms with Crippen LogP contribution in [0.15, 0.2) is 23.3 Å².